The Morgan fingerprint density at radius 1 is 1.30 bits per heavy atom. The van der Waals surface area contributed by atoms with Crippen molar-refractivity contribution in [3.8, 4) is 0 Å². The number of amides is 2. The molecule has 0 spiro atoms. The summed E-state index contributed by atoms with van der Waals surface area (Å²) in [6.07, 6.45) is -0.0517. The molecule has 140 valence electrons. The van der Waals surface area contributed by atoms with Gasteiger partial charge in [0.15, 0.2) is 0 Å². The van der Waals surface area contributed by atoms with E-state index in [9.17, 15) is 19.7 Å². The van der Waals surface area contributed by atoms with E-state index in [0.29, 0.717) is 11.5 Å². The summed E-state index contributed by atoms with van der Waals surface area (Å²) in [5.41, 5.74) is 3.20. The number of benzene rings is 1. The van der Waals surface area contributed by atoms with Crippen LogP contribution in [0.15, 0.2) is 41.5 Å². The lowest BCUT2D eigenvalue weighted by Gasteiger charge is -2.06. The number of halogens is 1. The Kier molecular flexibility index (Phi) is 6.56. The lowest BCUT2D eigenvalue weighted by molar-refractivity contribution is -0.384. The van der Waals surface area contributed by atoms with E-state index in [2.05, 4.69) is 20.8 Å². The van der Waals surface area contributed by atoms with Gasteiger partial charge in [0.2, 0.25) is 5.91 Å². The highest BCUT2D eigenvalue weighted by atomic mass is 35.5. The van der Waals surface area contributed by atoms with Crippen molar-refractivity contribution < 1.29 is 14.5 Å². The van der Waals surface area contributed by atoms with Crippen molar-refractivity contribution >= 4 is 40.6 Å². The molecule has 0 saturated heterocycles. The van der Waals surface area contributed by atoms with Crippen molar-refractivity contribution in [2.24, 2.45) is 5.10 Å². The number of non-ortho nitro benzene ring substituents is 1. The van der Waals surface area contributed by atoms with Crippen molar-refractivity contribution in [1.29, 1.82) is 0 Å². The molecule has 1 aromatic heterocycles. The number of nitrogens with zero attached hydrogens (tertiary/aromatic N) is 3. The second kappa shape index (κ2) is 8.86. The zero-order valence-corrected chi connectivity index (χ0v) is 15.3. The van der Waals surface area contributed by atoms with Gasteiger partial charge in [-0.05, 0) is 32.0 Å². The van der Waals surface area contributed by atoms with Crippen LogP contribution in [0.25, 0.3) is 0 Å². The molecule has 2 N–H and O–H groups in total. The van der Waals surface area contributed by atoms with Gasteiger partial charge in [-0.1, -0.05) is 17.7 Å². The topological polar surface area (TPSA) is 127 Å². The van der Waals surface area contributed by atoms with E-state index in [4.69, 9.17) is 11.6 Å². The third-order valence-corrected chi connectivity index (χ3v) is 3.64. The monoisotopic (exact) mass is 389 g/mol. The first kappa shape index (κ1) is 20.0. The van der Waals surface area contributed by atoms with Crippen molar-refractivity contribution in [3.63, 3.8) is 0 Å². The molecule has 0 saturated carbocycles. The molecule has 0 aliphatic heterocycles. The molecule has 2 amide bonds. The second-order valence-corrected chi connectivity index (χ2v) is 6.01. The van der Waals surface area contributed by atoms with E-state index in [1.54, 1.807) is 32.0 Å². The summed E-state index contributed by atoms with van der Waals surface area (Å²) in [5, 5.41) is 17.1. The molecule has 0 aliphatic carbocycles. The SMILES string of the molecule is C/C(CC(=O)Nc1cccc(C)n1)=N/NC(=O)c1ccc([N+](=O)[O-])cc1Cl. The molecule has 2 aromatic rings. The second-order valence-electron chi connectivity index (χ2n) is 5.60. The van der Waals surface area contributed by atoms with Gasteiger partial charge < -0.3 is 5.32 Å². The Morgan fingerprint density at radius 3 is 2.67 bits per heavy atom. The molecule has 0 unspecified atom stereocenters. The predicted octanol–water partition coefficient (Wildman–Crippen LogP) is 3.09. The van der Waals surface area contributed by atoms with E-state index in [1.807, 2.05) is 0 Å². The summed E-state index contributed by atoms with van der Waals surface area (Å²) < 4.78 is 0. The molecule has 1 aromatic carbocycles. The summed E-state index contributed by atoms with van der Waals surface area (Å²) in [5.74, 6) is -0.554. The molecule has 10 heteroatoms. The molecule has 0 atom stereocenters. The minimum atomic E-state index is -0.644. The van der Waals surface area contributed by atoms with E-state index in [0.717, 1.165) is 11.8 Å². The Labute approximate surface area is 159 Å². The van der Waals surface area contributed by atoms with Crippen LogP contribution in [0, 0.1) is 17.0 Å². The van der Waals surface area contributed by atoms with Crippen LogP contribution in [0.2, 0.25) is 5.02 Å². The number of anilines is 1. The highest BCUT2D eigenvalue weighted by Gasteiger charge is 2.15. The van der Waals surface area contributed by atoms with Crippen LogP contribution < -0.4 is 10.7 Å². The third-order valence-electron chi connectivity index (χ3n) is 3.33. The van der Waals surface area contributed by atoms with Gasteiger partial charge >= 0.3 is 0 Å². The van der Waals surface area contributed by atoms with Gasteiger partial charge in [0.1, 0.15) is 5.82 Å². The van der Waals surface area contributed by atoms with E-state index < -0.39 is 10.8 Å². The van der Waals surface area contributed by atoms with Gasteiger partial charge in [-0.2, -0.15) is 5.10 Å². The van der Waals surface area contributed by atoms with Crippen molar-refractivity contribution in [2.75, 3.05) is 5.32 Å². The first-order valence-electron chi connectivity index (χ1n) is 7.77. The highest BCUT2D eigenvalue weighted by molar-refractivity contribution is 6.34. The van der Waals surface area contributed by atoms with Crippen LogP contribution >= 0.6 is 11.6 Å². The number of pyridine rings is 1. The number of hydrazone groups is 1. The predicted molar refractivity (Wildman–Crippen MR) is 101 cm³/mol. The molecule has 1 heterocycles. The maximum atomic E-state index is 12.1. The van der Waals surface area contributed by atoms with E-state index in [1.165, 1.54) is 12.1 Å². The summed E-state index contributed by atoms with van der Waals surface area (Å²) in [4.78, 5) is 38.3. The van der Waals surface area contributed by atoms with E-state index >= 15 is 0 Å². The quantitative estimate of drug-likeness (QED) is 0.446. The Morgan fingerprint density at radius 2 is 2.04 bits per heavy atom. The van der Waals surface area contributed by atoms with Crippen LogP contribution in [0.1, 0.15) is 29.4 Å². The first-order valence-corrected chi connectivity index (χ1v) is 8.15. The van der Waals surface area contributed by atoms with Gasteiger partial charge in [-0.15, -0.1) is 0 Å². The molecular formula is C17H16ClN5O4. The fraction of sp³-hybridized carbons (Fsp3) is 0.176. The number of nitro groups is 1. The van der Waals surface area contributed by atoms with Gasteiger partial charge in [-0.3, -0.25) is 19.7 Å². The molecule has 9 nitrogen and oxygen atoms in total. The summed E-state index contributed by atoms with van der Waals surface area (Å²) in [7, 11) is 0. The van der Waals surface area contributed by atoms with Crippen LogP contribution in [0.5, 0.6) is 0 Å². The molecule has 0 aliphatic rings. The molecule has 2 rings (SSSR count). The van der Waals surface area contributed by atoms with Crippen LogP contribution in [0.3, 0.4) is 0 Å². The molecule has 0 radical (unpaired) electrons. The number of nitro benzene ring substituents is 1. The number of hydrogen-bond donors (Lipinski definition) is 2. The number of hydrogen-bond acceptors (Lipinski definition) is 6. The Balaban J connectivity index is 1.95. The number of rotatable bonds is 6. The summed E-state index contributed by atoms with van der Waals surface area (Å²) >= 11 is 5.89. The number of carbonyl (C=O) groups is 2. The number of aromatic nitrogens is 1. The zero-order chi connectivity index (χ0) is 20.0. The Bertz CT molecular complexity index is 929. The smallest absolute Gasteiger partial charge is 0.272 e. The number of carbonyl (C=O) groups excluding carboxylic acids is 2. The molecule has 27 heavy (non-hydrogen) atoms. The standard InChI is InChI=1S/C17H16ClN5O4/c1-10-4-3-5-15(19-10)20-16(24)8-11(2)21-22-17(25)13-7-6-12(23(26)27)9-14(13)18/h3-7,9H,8H2,1-2H3,(H,22,25)(H,19,20,24)/b21-11-. The third kappa shape index (κ3) is 5.86. The average Bonchev–Trinajstić information content (AvgIpc) is 2.59. The molecule has 0 fully saturated rings. The van der Waals surface area contributed by atoms with Crippen molar-refractivity contribution in [2.45, 2.75) is 20.3 Å². The number of aryl methyl sites for hydroxylation is 1. The molecule has 0 bridgehead atoms. The minimum Gasteiger partial charge on any atom is -0.310 e. The van der Waals surface area contributed by atoms with Gasteiger partial charge in [0.05, 0.1) is 21.9 Å². The molecular weight excluding hydrogens is 374 g/mol. The minimum absolute atomic E-state index is 0.0345. The van der Waals surface area contributed by atoms with Gasteiger partial charge in [0.25, 0.3) is 11.6 Å². The summed E-state index contributed by atoms with van der Waals surface area (Å²) in [6.45, 7) is 3.38. The van der Waals surface area contributed by atoms with Crippen molar-refractivity contribution in [1.82, 2.24) is 10.4 Å². The maximum absolute atomic E-state index is 12.1. The largest absolute Gasteiger partial charge is 0.310 e. The van der Waals surface area contributed by atoms with Crippen molar-refractivity contribution in [3.05, 3.63) is 62.8 Å². The normalized spacial score (nSPS) is 11.0. The fourth-order valence-electron chi connectivity index (χ4n) is 2.08. The fourth-order valence-corrected chi connectivity index (χ4v) is 2.34. The van der Waals surface area contributed by atoms with Crippen LogP contribution in [-0.2, 0) is 4.79 Å². The lowest BCUT2D eigenvalue weighted by atomic mass is 10.2. The maximum Gasteiger partial charge on any atom is 0.272 e. The van der Waals surface area contributed by atoms with Crippen LogP contribution in [-0.4, -0.2) is 27.4 Å². The average molecular weight is 390 g/mol. The van der Waals surface area contributed by atoms with Gasteiger partial charge in [-0.25, -0.2) is 10.4 Å². The zero-order valence-electron chi connectivity index (χ0n) is 14.5. The van der Waals surface area contributed by atoms with Crippen LogP contribution in [0.4, 0.5) is 11.5 Å². The first-order chi connectivity index (χ1) is 12.8. The number of nitrogens with one attached hydrogen (secondary N) is 2. The lowest BCUT2D eigenvalue weighted by Crippen LogP contribution is -2.22. The Hall–Kier alpha value is -3.33. The van der Waals surface area contributed by atoms with E-state index in [-0.39, 0.29) is 28.6 Å². The highest BCUT2D eigenvalue weighted by Crippen LogP contribution is 2.22. The summed E-state index contributed by atoms with van der Waals surface area (Å²) in [6, 6.07) is 8.72. The van der Waals surface area contributed by atoms with Gasteiger partial charge in [0, 0.05) is 23.5 Å².